The van der Waals surface area contributed by atoms with Crippen molar-refractivity contribution in [2.45, 2.75) is 20.1 Å². The number of rotatable bonds is 4. The van der Waals surface area contributed by atoms with Gasteiger partial charge in [0, 0.05) is 18.1 Å². The Balaban J connectivity index is 2.18. The fourth-order valence-electron chi connectivity index (χ4n) is 1.50. The topological polar surface area (TPSA) is 62.1 Å². The van der Waals surface area contributed by atoms with Gasteiger partial charge < -0.3 is 10.0 Å². The monoisotopic (exact) mass is 250 g/mol. The number of hydrogen-bond donors (Lipinski definition) is 1. The van der Waals surface area contributed by atoms with Crippen LogP contribution in [-0.4, -0.2) is 27.1 Å². The SMILES string of the molecule is Cc1cc(CO)nc(N(C)Cc2cscn2)n1. The number of nitrogens with zero attached hydrogens (tertiary/aromatic N) is 4. The van der Waals surface area contributed by atoms with Crippen LogP contribution in [0.25, 0.3) is 0 Å². The molecule has 2 aromatic heterocycles. The standard InChI is InChI=1S/C11H14N4OS/c1-8-3-9(5-16)14-11(13-8)15(2)4-10-6-17-7-12-10/h3,6-7,16H,4-5H2,1-2H3. The van der Waals surface area contributed by atoms with E-state index < -0.39 is 0 Å². The molecule has 0 aliphatic heterocycles. The number of anilines is 1. The number of aliphatic hydroxyl groups excluding tert-OH is 1. The van der Waals surface area contributed by atoms with Gasteiger partial charge >= 0.3 is 0 Å². The number of hydrogen-bond acceptors (Lipinski definition) is 6. The Labute approximate surface area is 104 Å². The first kappa shape index (κ1) is 11.9. The van der Waals surface area contributed by atoms with Crippen molar-refractivity contribution in [1.82, 2.24) is 15.0 Å². The van der Waals surface area contributed by atoms with E-state index in [0.29, 0.717) is 18.2 Å². The van der Waals surface area contributed by atoms with E-state index in [9.17, 15) is 0 Å². The molecule has 0 unspecified atom stereocenters. The quantitative estimate of drug-likeness (QED) is 0.888. The lowest BCUT2D eigenvalue weighted by atomic mass is 10.3. The van der Waals surface area contributed by atoms with Crippen LogP contribution in [0.2, 0.25) is 0 Å². The second kappa shape index (κ2) is 5.20. The lowest BCUT2D eigenvalue weighted by Crippen LogP contribution is -2.20. The normalized spacial score (nSPS) is 10.5. The van der Waals surface area contributed by atoms with Gasteiger partial charge in [0.2, 0.25) is 5.95 Å². The molecule has 0 radical (unpaired) electrons. The highest BCUT2D eigenvalue weighted by molar-refractivity contribution is 7.07. The molecule has 0 fully saturated rings. The first-order valence-corrected chi connectivity index (χ1v) is 6.17. The van der Waals surface area contributed by atoms with E-state index in [1.54, 1.807) is 22.9 Å². The van der Waals surface area contributed by atoms with E-state index in [2.05, 4.69) is 15.0 Å². The Morgan fingerprint density at radius 1 is 1.35 bits per heavy atom. The smallest absolute Gasteiger partial charge is 0.225 e. The first-order valence-electron chi connectivity index (χ1n) is 5.22. The van der Waals surface area contributed by atoms with Gasteiger partial charge in [-0.2, -0.15) is 0 Å². The van der Waals surface area contributed by atoms with Crippen LogP contribution < -0.4 is 4.90 Å². The van der Waals surface area contributed by atoms with Crippen molar-refractivity contribution in [2.75, 3.05) is 11.9 Å². The summed E-state index contributed by atoms with van der Waals surface area (Å²) in [5.74, 6) is 0.613. The summed E-state index contributed by atoms with van der Waals surface area (Å²) in [5.41, 5.74) is 4.29. The molecular formula is C11H14N4OS. The van der Waals surface area contributed by atoms with Gasteiger partial charge in [-0.15, -0.1) is 11.3 Å². The van der Waals surface area contributed by atoms with Crippen LogP contribution in [0.5, 0.6) is 0 Å². The summed E-state index contributed by atoms with van der Waals surface area (Å²) >= 11 is 1.57. The molecule has 2 heterocycles. The maximum absolute atomic E-state index is 9.11. The molecule has 17 heavy (non-hydrogen) atoms. The van der Waals surface area contributed by atoms with Gasteiger partial charge in [0.1, 0.15) is 0 Å². The average molecular weight is 250 g/mol. The van der Waals surface area contributed by atoms with E-state index in [1.165, 1.54) is 0 Å². The predicted octanol–water partition coefficient (Wildman–Crippen LogP) is 1.37. The molecule has 5 nitrogen and oxygen atoms in total. The molecule has 0 saturated carbocycles. The third kappa shape index (κ3) is 2.98. The van der Waals surface area contributed by atoms with Gasteiger partial charge in [-0.05, 0) is 13.0 Å². The van der Waals surface area contributed by atoms with Crippen LogP contribution in [0.4, 0.5) is 5.95 Å². The zero-order chi connectivity index (χ0) is 12.3. The van der Waals surface area contributed by atoms with E-state index >= 15 is 0 Å². The van der Waals surface area contributed by atoms with Crippen LogP contribution in [0.1, 0.15) is 17.1 Å². The molecule has 0 saturated heterocycles. The minimum absolute atomic E-state index is 0.0686. The summed E-state index contributed by atoms with van der Waals surface area (Å²) in [6, 6.07) is 1.78. The third-order valence-electron chi connectivity index (χ3n) is 2.28. The van der Waals surface area contributed by atoms with Gasteiger partial charge in [-0.1, -0.05) is 0 Å². The van der Waals surface area contributed by atoms with Crippen LogP contribution in [-0.2, 0) is 13.2 Å². The van der Waals surface area contributed by atoms with Crippen molar-refractivity contribution in [2.24, 2.45) is 0 Å². The van der Waals surface area contributed by atoms with Crippen molar-refractivity contribution in [1.29, 1.82) is 0 Å². The second-order valence-corrected chi connectivity index (χ2v) is 4.51. The average Bonchev–Trinajstić information content (AvgIpc) is 2.81. The minimum atomic E-state index is -0.0686. The molecular weight excluding hydrogens is 236 g/mol. The molecule has 2 aromatic rings. The van der Waals surface area contributed by atoms with Gasteiger partial charge in [0.05, 0.1) is 30.1 Å². The summed E-state index contributed by atoms with van der Waals surface area (Å²) in [6.45, 7) is 2.49. The second-order valence-electron chi connectivity index (χ2n) is 3.79. The largest absolute Gasteiger partial charge is 0.390 e. The van der Waals surface area contributed by atoms with Crippen molar-refractivity contribution in [3.8, 4) is 0 Å². The van der Waals surface area contributed by atoms with E-state index in [4.69, 9.17) is 5.11 Å². The molecule has 0 bridgehead atoms. The van der Waals surface area contributed by atoms with Crippen LogP contribution in [0.15, 0.2) is 17.0 Å². The van der Waals surface area contributed by atoms with Crippen LogP contribution in [0.3, 0.4) is 0 Å². The van der Waals surface area contributed by atoms with Crippen molar-refractivity contribution in [3.05, 3.63) is 34.0 Å². The van der Waals surface area contributed by atoms with Gasteiger partial charge in [0.15, 0.2) is 0 Å². The van der Waals surface area contributed by atoms with Gasteiger partial charge in [-0.3, -0.25) is 0 Å². The highest BCUT2D eigenvalue weighted by Gasteiger charge is 2.08. The summed E-state index contributed by atoms with van der Waals surface area (Å²) in [5, 5.41) is 11.1. The summed E-state index contributed by atoms with van der Waals surface area (Å²) < 4.78 is 0. The van der Waals surface area contributed by atoms with E-state index in [0.717, 1.165) is 11.4 Å². The summed E-state index contributed by atoms with van der Waals surface area (Å²) in [4.78, 5) is 14.8. The third-order valence-corrected chi connectivity index (χ3v) is 2.92. The number of thiazole rings is 1. The van der Waals surface area contributed by atoms with Gasteiger partial charge in [0.25, 0.3) is 0 Å². The van der Waals surface area contributed by atoms with Crippen molar-refractivity contribution in [3.63, 3.8) is 0 Å². The Bertz CT molecular complexity index is 486. The highest BCUT2D eigenvalue weighted by Crippen LogP contribution is 2.12. The summed E-state index contributed by atoms with van der Waals surface area (Å²) in [7, 11) is 1.91. The molecule has 0 aliphatic rings. The van der Waals surface area contributed by atoms with Crippen LogP contribution in [0, 0.1) is 6.92 Å². The first-order chi connectivity index (χ1) is 8.19. The Morgan fingerprint density at radius 2 is 2.18 bits per heavy atom. The van der Waals surface area contributed by atoms with Crippen LogP contribution >= 0.6 is 11.3 Å². The maximum atomic E-state index is 9.11. The molecule has 0 aromatic carbocycles. The lowest BCUT2D eigenvalue weighted by molar-refractivity contribution is 0.276. The molecule has 0 spiro atoms. The Kier molecular flexibility index (Phi) is 3.65. The van der Waals surface area contributed by atoms with Gasteiger partial charge in [-0.25, -0.2) is 15.0 Å². The van der Waals surface area contributed by atoms with E-state index in [1.807, 2.05) is 24.3 Å². The molecule has 1 N–H and O–H groups in total. The zero-order valence-corrected chi connectivity index (χ0v) is 10.6. The predicted molar refractivity (Wildman–Crippen MR) is 66.9 cm³/mol. The molecule has 6 heteroatoms. The zero-order valence-electron chi connectivity index (χ0n) is 9.79. The molecule has 0 aliphatic carbocycles. The molecule has 0 atom stereocenters. The fraction of sp³-hybridized carbons (Fsp3) is 0.364. The maximum Gasteiger partial charge on any atom is 0.225 e. The highest BCUT2D eigenvalue weighted by atomic mass is 32.1. The fourth-order valence-corrected chi connectivity index (χ4v) is 2.05. The van der Waals surface area contributed by atoms with E-state index in [-0.39, 0.29) is 6.61 Å². The number of aryl methyl sites for hydroxylation is 1. The molecule has 90 valence electrons. The molecule has 0 amide bonds. The summed E-state index contributed by atoms with van der Waals surface area (Å²) in [6.07, 6.45) is 0. The minimum Gasteiger partial charge on any atom is -0.390 e. The molecule has 2 rings (SSSR count). The lowest BCUT2D eigenvalue weighted by Gasteiger charge is -2.16. The Morgan fingerprint density at radius 3 is 2.82 bits per heavy atom. The number of aliphatic hydroxyl groups is 1. The number of aromatic nitrogens is 3. The van der Waals surface area contributed by atoms with Crippen molar-refractivity contribution >= 4 is 17.3 Å². The Hall–Kier alpha value is -1.53. The van der Waals surface area contributed by atoms with Crippen molar-refractivity contribution < 1.29 is 5.11 Å².